The molecule has 0 spiro atoms. The van der Waals surface area contributed by atoms with Crippen LogP contribution in [0.5, 0.6) is 0 Å². The van der Waals surface area contributed by atoms with Crippen LogP contribution < -0.4 is 0 Å². The summed E-state index contributed by atoms with van der Waals surface area (Å²) in [6.07, 6.45) is 3.38. The molecule has 1 atom stereocenters. The summed E-state index contributed by atoms with van der Waals surface area (Å²) in [6.45, 7) is 15.6. The molecule has 0 aliphatic carbocycles. The van der Waals surface area contributed by atoms with Gasteiger partial charge in [-0.1, -0.05) is 12.1 Å². The fourth-order valence-electron chi connectivity index (χ4n) is 5.63. The highest BCUT2D eigenvalue weighted by molar-refractivity contribution is 5.37. The smallest absolute Gasteiger partial charge is 0.0651 e. The van der Waals surface area contributed by atoms with Crippen molar-refractivity contribution in [2.24, 2.45) is 0 Å². The molecule has 0 radical (unpaired) electrons. The summed E-state index contributed by atoms with van der Waals surface area (Å²) in [7, 11) is 0. The number of hydrogen-bond acceptors (Lipinski definition) is 5. The normalized spacial score (nSPS) is 22.1. The van der Waals surface area contributed by atoms with Gasteiger partial charge in [-0.15, -0.1) is 0 Å². The van der Waals surface area contributed by atoms with Crippen LogP contribution in [0.4, 0.5) is 0 Å². The number of likely N-dealkylation sites (tertiary alicyclic amines) is 1. The van der Waals surface area contributed by atoms with Crippen molar-refractivity contribution in [2.75, 3.05) is 39.3 Å². The highest BCUT2D eigenvalue weighted by Gasteiger charge is 2.33. The van der Waals surface area contributed by atoms with Crippen LogP contribution in [-0.4, -0.2) is 87.0 Å². The van der Waals surface area contributed by atoms with Gasteiger partial charge in [0.1, 0.15) is 0 Å². The molecule has 0 unspecified atom stereocenters. The van der Waals surface area contributed by atoms with Crippen LogP contribution in [0.2, 0.25) is 0 Å². The third-order valence-corrected chi connectivity index (χ3v) is 7.34. The maximum atomic E-state index is 9.75. The SMILES string of the molecule is Cc1cc(C)n(-c2cccc(CN3CCN(C4CCN(C(C)C)CC4)[C@@H](CCO)C3)c2)n1. The van der Waals surface area contributed by atoms with Gasteiger partial charge < -0.3 is 10.0 Å². The number of aliphatic hydroxyl groups is 1. The molecule has 0 bridgehead atoms. The minimum Gasteiger partial charge on any atom is -0.396 e. The van der Waals surface area contributed by atoms with Gasteiger partial charge in [0, 0.05) is 56.6 Å². The van der Waals surface area contributed by atoms with Crippen molar-refractivity contribution in [3.63, 3.8) is 0 Å². The van der Waals surface area contributed by atoms with E-state index in [0.717, 1.165) is 44.0 Å². The first kappa shape index (κ1) is 23.4. The minimum atomic E-state index is 0.271. The van der Waals surface area contributed by atoms with Gasteiger partial charge in [0.05, 0.1) is 11.4 Å². The Morgan fingerprint density at radius 2 is 1.84 bits per heavy atom. The van der Waals surface area contributed by atoms with Crippen molar-refractivity contribution in [1.82, 2.24) is 24.5 Å². The Balaban J connectivity index is 1.39. The van der Waals surface area contributed by atoms with Gasteiger partial charge in [-0.3, -0.25) is 9.80 Å². The first-order valence-corrected chi connectivity index (χ1v) is 12.4. The Bertz CT molecular complexity index is 871. The number of piperazine rings is 1. The molecular formula is C26H41N5O. The molecule has 2 aromatic rings. The van der Waals surface area contributed by atoms with E-state index in [0.29, 0.717) is 18.1 Å². The second-order valence-electron chi connectivity index (χ2n) is 10.0. The van der Waals surface area contributed by atoms with Gasteiger partial charge >= 0.3 is 0 Å². The van der Waals surface area contributed by atoms with E-state index in [1.54, 1.807) is 0 Å². The van der Waals surface area contributed by atoms with Crippen LogP contribution in [0.15, 0.2) is 30.3 Å². The zero-order chi connectivity index (χ0) is 22.7. The minimum absolute atomic E-state index is 0.271. The quantitative estimate of drug-likeness (QED) is 0.718. The van der Waals surface area contributed by atoms with Crippen molar-refractivity contribution < 1.29 is 5.11 Å². The highest BCUT2D eigenvalue weighted by atomic mass is 16.3. The summed E-state index contributed by atoms with van der Waals surface area (Å²) in [4.78, 5) is 7.89. The molecule has 6 heteroatoms. The largest absolute Gasteiger partial charge is 0.396 e. The maximum absolute atomic E-state index is 9.75. The first-order valence-electron chi connectivity index (χ1n) is 12.4. The van der Waals surface area contributed by atoms with Gasteiger partial charge in [-0.05, 0) is 83.8 Å². The molecule has 176 valence electrons. The molecule has 32 heavy (non-hydrogen) atoms. The van der Waals surface area contributed by atoms with Gasteiger partial charge in [0.25, 0.3) is 0 Å². The Labute approximate surface area is 193 Å². The third-order valence-electron chi connectivity index (χ3n) is 7.34. The summed E-state index contributed by atoms with van der Waals surface area (Å²) < 4.78 is 2.04. The lowest BCUT2D eigenvalue weighted by atomic mass is 9.97. The van der Waals surface area contributed by atoms with Crippen molar-refractivity contribution in [3.8, 4) is 5.69 Å². The molecule has 2 fully saturated rings. The number of hydrogen-bond donors (Lipinski definition) is 1. The molecule has 1 aromatic carbocycles. The lowest BCUT2D eigenvalue weighted by molar-refractivity contribution is -0.0000289. The molecule has 0 amide bonds. The Hall–Kier alpha value is -1.73. The average molecular weight is 440 g/mol. The van der Waals surface area contributed by atoms with E-state index in [-0.39, 0.29) is 6.61 Å². The number of benzene rings is 1. The number of rotatable bonds is 7. The predicted octanol–water partition coefficient (Wildman–Crippen LogP) is 3.23. The number of aromatic nitrogens is 2. The topological polar surface area (TPSA) is 47.8 Å². The fraction of sp³-hybridized carbons (Fsp3) is 0.654. The van der Waals surface area contributed by atoms with Crippen LogP contribution in [0.25, 0.3) is 5.69 Å². The van der Waals surface area contributed by atoms with Crippen LogP contribution in [0, 0.1) is 13.8 Å². The number of aliphatic hydroxyl groups excluding tert-OH is 1. The van der Waals surface area contributed by atoms with Crippen LogP contribution in [-0.2, 0) is 6.54 Å². The van der Waals surface area contributed by atoms with E-state index in [2.05, 4.69) is 70.9 Å². The zero-order valence-corrected chi connectivity index (χ0v) is 20.4. The Morgan fingerprint density at radius 1 is 1.06 bits per heavy atom. The molecule has 0 saturated carbocycles. The molecule has 6 nitrogen and oxygen atoms in total. The average Bonchev–Trinajstić information content (AvgIpc) is 3.12. The van der Waals surface area contributed by atoms with E-state index in [9.17, 15) is 5.11 Å². The molecule has 2 saturated heterocycles. The van der Waals surface area contributed by atoms with Crippen molar-refractivity contribution in [1.29, 1.82) is 0 Å². The van der Waals surface area contributed by atoms with E-state index < -0.39 is 0 Å². The molecule has 2 aliphatic rings. The summed E-state index contributed by atoms with van der Waals surface area (Å²) in [5, 5.41) is 14.4. The number of aryl methyl sites for hydroxylation is 2. The summed E-state index contributed by atoms with van der Waals surface area (Å²) >= 11 is 0. The second-order valence-corrected chi connectivity index (χ2v) is 10.0. The molecule has 4 rings (SSSR count). The highest BCUT2D eigenvalue weighted by Crippen LogP contribution is 2.25. The third kappa shape index (κ3) is 5.42. The van der Waals surface area contributed by atoms with Crippen molar-refractivity contribution in [3.05, 3.63) is 47.3 Å². The van der Waals surface area contributed by atoms with Gasteiger partial charge in [-0.2, -0.15) is 5.10 Å². The van der Waals surface area contributed by atoms with E-state index in [1.807, 2.05) is 11.6 Å². The van der Waals surface area contributed by atoms with E-state index >= 15 is 0 Å². The molecule has 1 N–H and O–H groups in total. The molecule has 1 aromatic heterocycles. The van der Waals surface area contributed by atoms with Crippen LogP contribution >= 0.6 is 0 Å². The molecule has 3 heterocycles. The standard InChI is InChI=1S/C26H41N5O/c1-20(2)29-11-8-24(9-12-29)30-14-13-28(19-26(30)10-15-32)18-23-6-5-7-25(17-23)31-22(4)16-21(3)27-31/h5-7,16-17,20,24,26,32H,8-15,18-19H2,1-4H3/t26-/m0/s1. The lowest BCUT2D eigenvalue weighted by Crippen LogP contribution is -2.58. The fourth-order valence-corrected chi connectivity index (χ4v) is 5.63. The van der Waals surface area contributed by atoms with Crippen molar-refractivity contribution >= 4 is 0 Å². The summed E-state index contributed by atoms with van der Waals surface area (Å²) in [5.74, 6) is 0. The zero-order valence-electron chi connectivity index (χ0n) is 20.4. The maximum Gasteiger partial charge on any atom is 0.0651 e. The predicted molar refractivity (Wildman–Crippen MR) is 130 cm³/mol. The number of nitrogens with zero attached hydrogens (tertiary/aromatic N) is 5. The Morgan fingerprint density at radius 3 is 2.50 bits per heavy atom. The molecule has 2 aliphatic heterocycles. The first-order chi connectivity index (χ1) is 15.4. The van der Waals surface area contributed by atoms with E-state index in [4.69, 9.17) is 0 Å². The monoisotopic (exact) mass is 439 g/mol. The Kier molecular flexibility index (Phi) is 7.66. The molecular weight excluding hydrogens is 398 g/mol. The summed E-state index contributed by atoms with van der Waals surface area (Å²) in [6, 6.07) is 12.7. The second kappa shape index (κ2) is 10.5. The van der Waals surface area contributed by atoms with Gasteiger partial charge in [0.2, 0.25) is 0 Å². The van der Waals surface area contributed by atoms with Gasteiger partial charge in [0.15, 0.2) is 0 Å². The van der Waals surface area contributed by atoms with Gasteiger partial charge in [-0.25, -0.2) is 4.68 Å². The summed E-state index contributed by atoms with van der Waals surface area (Å²) in [5.41, 5.74) is 4.68. The number of piperidine rings is 1. The lowest BCUT2D eigenvalue weighted by Gasteiger charge is -2.48. The van der Waals surface area contributed by atoms with E-state index in [1.165, 1.54) is 37.2 Å². The van der Waals surface area contributed by atoms with Crippen LogP contribution in [0.3, 0.4) is 0 Å². The van der Waals surface area contributed by atoms with Crippen molar-refractivity contribution in [2.45, 2.75) is 71.6 Å². The van der Waals surface area contributed by atoms with Crippen LogP contribution in [0.1, 0.15) is 50.1 Å².